The molecule has 0 atom stereocenters. The summed E-state index contributed by atoms with van der Waals surface area (Å²) in [6, 6.07) is 0. The lowest BCUT2D eigenvalue weighted by Crippen LogP contribution is -2.14. The standard InChI is InChI=1S/C6H6F3NO4S3.C6H6F3NO2S3/c7-4(5(8)9)1-2-16(11,12)6-10-17(13,14)3-15-6;7-4(5(8)9)1-2-13-6-10-15(11,12)3-14-6/h1-3H2;1-3H2. The van der Waals surface area contributed by atoms with Crippen LogP contribution in [-0.2, 0) is 29.9 Å². The SMILES string of the molecule is O=S1(=O)CSC(S(=O)(=O)CCC(F)=C(F)F)=N1.O=S1(=O)CSC(SCCC(F)=C(F)F)=N1. The Morgan fingerprint density at radius 3 is 1.78 bits per heavy atom. The molecule has 0 radical (unpaired) electrons. The number of allylic oxidation sites excluding steroid dienone is 2. The van der Waals surface area contributed by atoms with Gasteiger partial charge in [-0.15, -0.1) is 8.80 Å². The first-order valence-corrected chi connectivity index (χ1v) is 15.5. The fourth-order valence-corrected chi connectivity index (χ4v) is 10.3. The number of sulfonamides is 2. The van der Waals surface area contributed by atoms with Crippen LogP contribution in [0.4, 0.5) is 26.3 Å². The highest BCUT2D eigenvalue weighted by molar-refractivity contribution is 8.43. The number of thioether (sulfide) groups is 3. The van der Waals surface area contributed by atoms with Crippen LogP contribution in [-0.4, -0.2) is 55.7 Å². The average molecular weight is 587 g/mol. The predicted molar refractivity (Wildman–Crippen MR) is 114 cm³/mol. The summed E-state index contributed by atoms with van der Waals surface area (Å²) >= 11 is 2.43. The zero-order valence-electron chi connectivity index (χ0n) is 15.3. The molecule has 0 bridgehead atoms. The molecule has 0 aliphatic carbocycles. The van der Waals surface area contributed by atoms with Gasteiger partial charge in [0.2, 0.25) is 14.2 Å². The molecule has 0 fully saturated rings. The van der Waals surface area contributed by atoms with E-state index in [9.17, 15) is 51.6 Å². The average Bonchev–Trinajstić information content (AvgIpc) is 3.21. The van der Waals surface area contributed by atoms with E-state index in [-0.39, 0.29) is 15.2 Å². The van der Waals surface area contributed by atoms with Gasteiger partial charge in [0.1, 0.15) is 14.5 Å². The fourth-order valence-electron chi connectivity index (χ4n) is 1.53. The number of nitrogens with zero attached hydrogens (tertiary/aromatic N) is 2. The van der Waals surface area contributed by atoms with Gasteiger partial charge in [-0.3, -0.25) is 0 Å². The van der Waals surface area contributed by atoms with Gasteiger partial charge in [0.25, 0.3) is 20.0 Å². The molecule has 0 saturated heterocycles. The van der Waals surface area contributed by atoms with Gasteiger partial charge in [0.05, 0.1) is 5.75 Å². The molecular weight excluding hydrogens is 575 g/mol. The molecule has 0 saturated carbocycles. The molecule has 0 aromatic heterocycles. The van der Waals surface area contributed by atoms with Crippen LogP contribution >= 0.6 is 35.3 Å². The van der Waals surface area contributed by atoms with Crippen molar-refractivity contribution >= 4 is 73.9 Å². The lowest BCUT2D eigenvalue weighted by atomic mass is 10.4. The van der Waals surface area contributed by atoms with E-state index in [1.54, 1.807) is 0 Å². The van der Waals surface area contributed by atoms with E-state index >= 15 is 0 Å². The van der Waals surface area contributed by atoms with E-state index in [0.717, 1.165) is 23.5 Å². The van der Waals surface area contributed by atoms with Gasteiger partial charge in [-0.2, -0.15) is 17.6 Å². The number of rotatable bonds is 6. The van der Waals surface area contributed by atoms with Crippen molar-refractivity contribution in [3.63, 3.8) is 0 Å². The van der Waals surface area contributed by atoms with Gasteiger partial charge in [0, 0.05) is 18.6 Å². The Kier molecular flexibility index (Phi) is 11.1. The maximum absolute atomic E-state index is 12.4. The van der Waals surface area contributed by atoms with Crippen molar-refractivity contribution < 1.29 is 51.6 Å². The first-order valence-electron chi connectivity index (χ1n) is 7.70. The minimum atomic E-state index is -4.13. The Hall–Kier alpha value is -0.700. The molecule has 8 nitrogen and oxygen atoms in total. The molecule has 20 heteroatoms. The summed E-state index contributed by atoms with van der Waals surface area (Å²) in [7, 11) is -11.3. The topological polar surface area (TPSA) is 127 Å². The van der Waals surface area contributed by atoms with Crippen molar-refractivity contribution in [1.29, 1.82) is 0 Å². The van der Waals surface area contributed by atoms with E-state index in [4.69, 9.17) is 0 Å². The molecule has 0 aromatic rings. The molecule has 184 valence electrons. The molecule has 0 amide bonds. The maximum Gasteiger partial charge on any atom is 0.301 e. The Labute approximate surface area is 192 Å². The van der Waals surface area contributed by atoms with E-state index in [1.165, 1.54) is 0 Å². The summed E-state index contributed by atoms with van der Waals surface area (Å²) in [5.74, 6) is -4.20. The third kappa shape index (κ3) is 10.5. The lowest BCUT2D eigenvalue weighted by Gasteiger charge is -2.00. The smallest absolute Gasteiger partial charge is 0.222 e. The molecule has 2 aliphatic heterocycles. The number of hydrogen-bond acceptors (Lipinski definition) is 9. The predicted octanol–water partition coefficient (Wildman–Crippen LogP) is 3.84. The summed E-state index contributed by atoms with van der Waals surface area (Å²) in [5, 5.41) is -0.650. The van der Waals surface area contributed by atoms with Crippen LogP contribution in [0.15, 0.2) is 32.6 Å². The van der Waals surface area contributed by atoms with Crippen molar-refractivity contribution in [3.05, 3.63) is 23.8 Å². The highest BCUT2D eigenvalue weighted by atomic mass is 32.3. The van der Waals surface area contributed by atoms with Crippen molar-refractivity contribution in [2.75, 3.05) is 21.7 Å². The summed E-state index contributed by atoms with van der Waals surface area (Å²) < 4.78 is 143. The molecule has 0 aromatic carbocycles. The van der Waals surface area contributed by atoms with E-state index in [2.05, 4.69) is 8.80 Å². The molecule has 0 N–H and O–H groups in total. The Balaban J connectivity index is 0.000000323. The second-order valence-corrected chi connectivity index (χ2v) is 15.0. The van der Waals surface area contributed by atoms with Gasteiger partial charge in [-0.05, 0) is 0 Å². The Morgan fingerprint density at radius 2 is 1.34 bits per heavy atom. The van der Waals surface area contributed by atoms with Gasteiger partial charge >= 0.3 is 12.2 Å². The van der Waals surface area contributed by atoms with Crippen molar-refractivity contribution in [1.82, 2.24) is 0 Å². The summed E-state index contributed by atoms with van der Waals surface area (Å²) in [4.78, 5) is 0. The molecule has 32 heavy (non-hydrogen) atoms. The molecule has 2 rings (SSSR count). The zero-order valence-corrected chi connectivity index (χ0v) is 20.2. The van der Waals surface area contributed by atoms with Crippen LogP contribution in [0.1, 0.15) is 12.8 Å². The molecule has 0 unspecified atom stereocenters. The summed E-state index contributed by atoms with van der Waals surface area (Å²) in [6.45, 7) is 0. The zero-order chi connectivity index (χ0) is 24.7. The summed E-state index contributed by atoms with van der Waals surface area (Å²) in [5.41, 5.74) is 0. The molecule has 0 spiro atoms. The van der Waals surface area contributed by atoms with Crippen molar-refractivity contribution in [3.8, 4) is 0 Å². The van der Waals surface area contributed by atoms with Crippen molar-refractivity contribution in [2.45, 2.75) is 12.8 Å². The van der Waals surface area contributed by atoms with Crippen LogP contribution in [0.2, 0.25) is 0 Å². The second kappa shape index (κ2) is 12.1. The van der Waals surface area contributed by atoms with Crippen LogP contribution < -0.4 is 0 Å². The monoisotopic (exact) mass is 586 g/mol. The minimum absolute atomic E-state index is 0.0462. The third-order valence-electron chi connectivity index (χ3n) is 2.90. The quantitative estimate of drug-likeness (QED) is 0.427. The first kappa shape index (κ1) is 29.3. The van der Waals surface area contributed by atoms with Gasteiger partial charge in [-0.1, -0.05) is 35.3 Å². The van der Waals surface area contributed by atoms with Crippen LogP contribution in [0.25, 0.3) is 0 Å². The number of sulfone groups is 1. The summed E-state index contributed by atoms with van der Waals surface area (Å²) in [6.07, 6.45) is -6.35. The lowest BCUT2D eigenvalue weighted by molar-refractivity contribution is 0.373. The highest BCUT2D eigenvalue weighted by Gasteiger charge is 2.31. The van der Waals surface area contributed by atoms with Crippen molar-refractivity contribution in [2.24, 2.45) is 8.80 Å². The first-order chi connectivity index (χ1) is 14.5. The molecule has 2 heterocycles. The van der Waals surface area contributed by atoms with Gasteiger partial charge in [0.15, 0.2) is 11.7 Å². The van der Waals surface area contributed by atoms with E-state index in [1.807, 2.05) is 0 Å². The Morgan fingerprint density at radius 1 is 0.844 bits per heavy atom. The van der Waals surface area contributed by atoms with Gasteiger partial charge in [-0.25, -0.2) is 34.0 Å². The second-order valence-electron chi connectivity index (χ2n) is 5.40. The van der Waals surface area contributed by atoms with E-state index in [0.29, 0.717) is 11.8 Å². The number of halogens is 6. The Bertz CT molecular complexity index is 1150. The van der Waals surface area contributed by atoms with Crippen LogP contribution in [0.3, 0.4) is 0 Å². The van der Waals surface area contributed by atoms with Crippen LogP contribution in [0, 0.1) is 0 Å². The third-order valence-corrected chi connectivity index (χ3v) is 12.2. The maximum atomic E-state index is 12.4. The highest BCUT2D eigenvalue weighted by Crippen LogP contribution is 2.28. The minimum Gasteiger partial charge on any atom is -0.222 e. The normalized spacial score (nSPS) is 18.8. The fraction of sp³-hybridized carbons (Fsp3) is 0.500. The van der Waals surface area contributed by atoms with Gasteiger partial charge < -0.3 is 0 Å². The van der Waals surface area contributed by atoms with E-state index < -0.39 is 81.8 Å². The molecular formula is C12H12F6N2O6S6. The largest absolute Gasteiger partial charge is 0.301 e. The number of hydrogen-bond donors (Lipinski definition) is 0. The molecule has 2 aliphatic rings. The van der Waals surface area contributed by atoms with Crippen LogP contribution in [0.5, 0.6) is 0 Å².